The molecule has 0 fully saturated rings. The van der Waals surface area contributed by atoms with Gasteiger partial charge >= 0.3 is 6.03 Å². The van der Waals surface area contributed by atoms with Crippen molar-refractivity contribution in [1.29, 1.82) is 0 Å². The number of likely N-dealkylation sites (N-methyl/N-ethyl adjacent to an activating group) is 1. The van der Waals surface area contributed by atoms with Crippen LogP contribution in [0.2, 0.25) is 0 Å². The molecule has 1 aromatic carbocycles. The monoisotopic (exact) mass is 236 g/mol. The van der Waals surface area contributed by atoms with E-state index in [2.05, 4.69) is 5.32 Å². The number of carbonyl (C=O) groups excluding carboxylic acids is 1. The summed E-state index contributed by atoms with van der Waals surface area (Å²) in [5, 5.41) is 11.7. The van der Waals surface area contributed by atoms with Crippen LogP contribution < -0.4 is 5.32 Å². The maximum absolute atomic E-state index is 11.8. The van der Waals surface area contributed by atoms with Gasteiger partial charge in [0.05, 0.1) is 6.61 Å². The Morgan fingerprint density at radius 2 is 2.06 bits per heavy atom. The Morgan fingerprint density at radius 3 is 2.59 bits per heavy atom. The number of nitrogens with one attached hydrogen (secondary N) is 1. The van der Waals surface area contributed by atoms with Crippen molar-refractivity contribution in [2.45, 2.75) is 20.8 Å². The highest BCUT2D eigenvalue weighted by Gasteiger charge is 2.10. The van der Waals surface area contributed by atoms with Gasteiger partial charge in [0, 0.05) is 18.8 Å². The minimum Gasteiger partial charge on any atom is -0.395 e. The molecule has 0 heterocycles. The number of benzene rings is 1. The van der Waals surface area contributed by atoms with Crippen LogP contribution in [0.1, 0.15) is 18.1 Å². The molecule has 0 saturated heterocycles. The molecule has 4 nitrogen and oxygen atoms in total. The fourth-order valence-corrected chi connectivity index (χ4v) is 1.55. The minimum absolute atomic E-state index is 0.0197. The summed E-state index contributed by atoms with van der Waals surface area (Å²) in [6.07, 6.45) is 0. The second-order valence-corrected chi connectivity index (χ2v) is 4.03. The van der Waals surface area contributed by atoms with Crippen LogP contribution >= 0.6 is 0 Å². The van der Waals surface area contributed by atoms with Crippen molar-refractivity contribution in [2.75, 3.05) is 25.0 Å². The molecule has 0 radical (unpaired) electrons. The average molecular weight is 236 g/mol. The maximum atomic E-state index is 11.8. The van der Waals surface area contributed by atoms with Crippen LogP contribution in [-0.2, 0) is 0 Å². The molecular weight excluding hydrogens is 216 g/mol. The van der Waals surface area contributed by atoms with Crippen molar-refractivity contribution in [3.05, 3.63) is 29.3 Å². The molecule has 1 aromatic rings. The molecule has 2 amide bonds. The van der Waals surface area contributed by atoms with E-state index in [0.29, 0.717) is 13.1 Å². The fourth-order valence-electron chi connectivity index (χ4n) is 1.55. The van der Waals surface area contributed by atoms with Crippen LogP contribution in [0.15, 0.2) is 18.2 Å². The highest BCUT2D eigenvalue weighted by Crippen LogP contribution is 2.14. The summed E-state index contributed by atoms with van der Waals surface area (Å²) >= 11 is 0. The molecule has 0 saturated carbocycles. The predicted octanol–water partition coefficient (Wildman–Crippen LogP) is 2.15. The van der Waals surface area contributed by atoms with Crippen molar-refractivity contribution in [1.82, 2.24) is 4.90 Å². The second-order valence-electron chi connectivity index (χ2n) is 4.03. The number of aliphatic hydroxyl groups is 1. The van der Waals surface area contributed by atoms with Crippen LogP contribution in [0.5, 0.6) is 0 Å². The lowest BCUT2D eigenvalue weighted by atomic mass is 10.1. The molecule has 1 rings (SSSR count). The van der Waals surface area contributed by atoms with Gasteiger partial charge < -0.3 is 15.3 Å². The lowest BCUT2D eigenvalue weighted by Gasteiger charge is -2.20. The number of urea groups is 1. The SMILES string of the molecule is CCN(CCO)C(=O)Nc1ccc(C)c(C)c1. The third kappa shape index (κ3) is 3.75. The van der Waals surface area contributed by atoms with E-state index in [9.17, 15) is 4.79 Å². The molecule has 0 aliphatic rings. The maximum Gasteiger partial charge on any atom is 0.321 e. The summed E-state index contributed by atoms with van der Waals surface area (Å²) in [4.78, 5) is 13.4. The molecule has 94 valence electrons. The van der Waals surface area contributed by atoms with E-state index in [1.807, 2.05) is 39.0 Å². The minimum atomic E-state index is -0.176. The summed E-state index contributed by atoms with van der Waals surface area (Å²) in [5.74, 6) is 0. The first kappa shape index (κ1) is 13.5. The van der Waals surface area contributed by atoms with E-state index in [1.165, 1.54) is 5.56 Å². The first-order chi connectivity index (χ1) is 8.08. The third-order valence-electron chi connectivity index (χ3n) is 2.80. The smallest absolute Gasteiger partial charge is 0.321 e. The number of aryl methyl sites for hydroxylation is 2. The quantitative estimate of drug-likeness (QED) is 0.841. The topological polar surface area (TPSA) is 52.6 Å². The summed E-state index contributed by atoms with van der Waals surface area (Å²) in [7, 11) is 0. The molecule has 4 heteroatoms. The van der Waals surface area contributed by atoms with Gasteiger partial charge in [0.1, 0.15) is 0 Å². The molecule has 0 unspecified atom stereocenters. The van der Waals surface area contributed by atoms with E-state index in [1.54, 1.807) is 4.90 Å². The molecule has 0 aromatic heterocycles. The number of anilines is 1. The summed E-state index contributed by atoms with van der Waals surface area (Å²) in [6, 6.07) is 5.63. The number of hydrogen-bond acceptors (Lipinski definition) is 2. The number of aliphatic hydroxyl groups excluding tert-OH is 1. The number of hydrogen-bond donors (Lipinski definition) is 2. The van der Waals surface area contributed by atoms with Crippen LogP contribution in [0.4, 0.5) is 10.5 Å². The van der Waals surface area contributed by atoms with Crippen molar-refractivity contribution >= 4 is 11.7 Å². The van der Waals surface area contributed by atoms with Crippen LogP contribution in [0.25, 0.3) is 0 Å². The molecule has 17 heavy (non-hydrogen) atoms. The normalized spacial score (nSPS) is 10.1. The van der Waals surface area contributed by atoms with Crippen molar-refractivity contribution in [3.63, 3.8) is 0 Å². The van der Waals surface area contributed by atoms with Gasteiger partial charge in [-0.3, -0.25) is 0 Å². The van der Waals surface area contributed by atoms with Gasteiger partial charge in [-0.25, -0.2) is 4.79 Å². The Morgan fingerprint density at radius 1 is 1.35 bits per heavy atom. The number of rotatable bonds is 4. The number of carbonyl (C=O) groups is 1. The van der Waals surface area contributed by atoms with Crippen molar-refractivity contribution in [3.8, 4) is 0 Å². The van der Waals surface area contributed by atoms with E-state index in [0.717, 1.165) is 11.3 Å². The lowest BCUT2D eigenvalue weighted by molar-refractivity contribution is 0.192. The Labute approximate surface area is 102 Å². The largest absolute Gasteiger partial charge is 0.395 e. The van der Waals surface area contributed by atoms with Gasteiger partial charge in [-0.1, -0.05) is 6.07 Å². The standard InChI is InChI=1S/C13H20N2O2/c1-4-15(7-8-16)13(17)14-12-6-5-10(2)11(3)9-12/h5-6,9,16H,4,7-8H2,1-3H3,(H,14,17). The van der Waals surface area contributed by atoms with Crippen LogP contribution in [0, 0.1) is 13.8 Å². The summed E-state index contributed by atoms with van der Waals surface area (Å²) in [5.41, 5.74) is 3.13. The Balaban J connectivity index is 2.69. The van der Waals surface area contributed by atoms with Crippen LogP contribution in [0.3, 0.4) is 0 Å². The van der Waals surface area contributed by atoms with E-state index < -0.39 is 0 Å². The molecular formula is C13H20N2O2. The van der Waals surface area contributed by atoms with Gasteiger partial charge in [-0.15, -0.1) is 0 Å². The Hall–Kier alpha value is -1.55. The zero-order chi connectivity index (χ0) is 12.8. The number of amides is 2. The second kappa shape index (κ2) is 6.25. The Bertz CT molecular complexity index is 391. The van der Waals surface area contributed by atoms with Crippen molar-refractivity contribution < 1.29 is 9.90 Å². The molecule has 0 atom stereocenters. The first-order valence-corrected chi connectivity index (χ1v) is 5.82. The molecule has 0 bridgehead atoms. The van der Waals surface area contributed by atoms with E-state index in [4.69, 9.17) is 5.11 Å². The van der Waals surface area contributed by atoms with E-state index >= 15 is 0 Å². The van der Waals surface area contributed by atoms with Crippen LogP contribution in [-0.4, -0.2) is 35.7 Å². The van der Waals surface area contributed by atoms with Gasteiger partial charge in [0.25, 0.3) is 0 Å². The molecule has 0 aliphatic heterocycles. The molecule has 2 N–H and O–H groups in total. The predicted molar refractivity (Wildman–Crippen MR) is 69.3 cm³/mol. The van der Waals surface area contributed by atoms with E-state index in [-0.39, 0.29) is 12.6 Å². The zero-order valence-electron chi connectivity index (χ0n) is 10.7. The highest BCUT2D eigenvalue weighted by molar-refractivity contribution is 5.89. The average Bonchev–Trinajstić information content (AvgIpc) is 2.30. The zero-order valence-corrected chi connectivity index (χ0v) is 10.7. The van der Waals surface area contributed by atoms with Crippen molar-refractivity contribution in [2.24, 2.45) is 0 Å². The number of nitrogens with zero attached hydrogens (tertiary/aromatic N) is 1. The van der Waals surface area contributed by atoms with Gasteiger partial charge in [0.2, 0.25) is 0 Å². The summed E-state index contributed by atoms with van der Waals surface area (Å²) in [6.45, 7) is 6.84. The summed E-state index contributed by atoms with van der Waals surface area (Å²) < 4.78 is 0. The van der Waals surface area contributed by atoms with Gasteiger partial charge in [-0.2, -0.15) is 0 Å². The Kier molecular flexibility index (Phi) is 4.97. The fraction of sp³-hybridized carbons (Fsp3) is 0.462. The molecule has 0 aliphatic carbocycles. The molecule has 0 spiro atoms. The van der Waals surface area contributed by atoms with Gasteiger partial charge in [-0.05, 0) is 44.0 Å². The highest BCUT2D eigenvalue weighted by atomic mass is 16.3. The lowest BCUT2D eigenvalue weighted by Crippen LogP contribution is -2.36. The third-order valence-corrected chi connectivity index (χ3v) is 2.80. The first-order valence-electron chi connectivity index (χ1n) is 5.82. The van der Waals surface area contributed by atoms with Gasteiger partial charge in [0.15, 0.2) is 0 Å².